The van der Waals surface area contributed by atoms with Crippen molar-refractivity contribution in [1.29, 1.82) is 0 Å². The summed E-state index contributed by atoms with van der Waals surface area (Å²) in [5, 5.41) is 2.99. The van der Waals surface area contributed by atoms with E-state index in [4.69, 9.17) is 11.6 Å². The number of fused-ring (bicyclic) bond motifs is 1. The molecule has 0 aromatic heterocycles. The average molecular weight is 220 g/mol. The molecule has 0 N–H and O–H groups in total. The van der Waals surface area contributed by atoms with E-state index in [0.29, 0.717) is 0 Å². The van der Waals surface area contributed by atoms with Gasteiger partial charge in [-0.2, -0.15) is 4.91 Å². The summed E-state index contributed by atoms with van der Waals surface area (Å²) in [6.07, 6.45) is 4.17. The molecule has 0 saturated carbocycles. The molecule has 0 aliphatic heterocycles. The van der Waals surface area contributed by atoms with Gasteiger partial charge in [-0.3, -0.25) is 0 Å². The maximum absolute atomic E-state index is 10.8. The molecule has 15 heavy (non-hydrogen) atoms. The van der Waals surface area contributed by atoms with Crippen LogP contribution in [0, 0.1) is 4.91 Å². The van der Waals surface area contributed by atoms with Crippen LogP contribution < -0.4 is 0 Å². The molecule has 4 atom stereocenters. The van der Waals surface area contributed by atoms with Crippen LogP contribution in [-0.2, 0) is 0 Å². The molecule has 0 radical (unpaired) electrons. The predicted molar refractivity (Wildman–Crippen MR) is 60.3 cm³/mol. The van der Waals surface area contributed by atoms with E-state index in [0.717, 1.165) is 0 Å². The van der Waals surface area contributed by atoms with Gasteiger partial charge in [0.05, 0.1) is 5.38 Å². The lowest BCUT2D eigenvalue weighted by molar-refractivity contribution is 0.480. The van der Waals surface area contributed by atoms with Crippen LogP contribution >= 0.6 is 11.6 Å². The predicted octanol–water partition coefficient (Wildman–Crippen LogP) is 3.18. The SMILES string of the molecule is O=NC1C2C=CC(c3ccccc32)[C@H]1Cl. The van der Waals surface area contributed by atoms with Crippen LogP contribution in [0.4, 0.5) is 0 Å². The second-order valence-electron chi connectivity index (χ2n) is 4.11. The minimum Gasteiger partial charge on any atom is -0.150 e. The van der Waals surface area contributed by atoms with Crippen LogP contribution in [0.2, 0.25) is 0 Å². The second-order valence-corrected chi connectivity index (χ2v) is 4.61. The number of benzene rings is 1. The zero-order chi connectivity index (χ0) is 10.4. The van der Waals surface area contributed by atoms with E-state index in [1.807, 2.05) is 12.1 Å². The van der Waals surface area contributed by atoms with Gasteiger partial charge in [0.2, 0.25) is 0 Å². The molecular formula is C12H10ClNO. The number of hydrogen-bond acceptors (Lipinski definition) is 2. The zero-order valence-electron chi connectivity index (χ0n) is 8.01. The van der Waals surface area contributed by atoms with Crippen LogP contribution in [0.15, 0.2) is 41.6 Å². The molecule has 1 aromatic rings. The first kappa shape index (κ1) is 9.10. The van der Waals surface area contributed by atoms with E-state index in [9.17, 15) is 4.91 Å². The lowest BCUT2D eigenvalue weighted by Gasteiger charge is -2.40. The molecule has 3 heteroatoms. The van der Waals surface area contributed by atoms with Gasteiger partial charge < -0.3 is 0 Å². The number of hydrogen-bond donors (Lipinski definition) is 0. The van der Waals surface area contributed by atoms with Crippen LogP contribution in [-0.4, -0.2) is 11.4 Å². The highest BCUT2D eigenvalue weighted by Crippen LogP contribution is 2.48. The Hall–Kier alpha value is -1.15. The molecule has 3 aliphatic rings. The number of nitrogens with zero attached hydrogens (tertiary/aromatic N) is 1. The number of nitroso groups, excluding NO2 is 1. The van der Waals surface area contributed by atoms with Gasteiger partial charge in [-0.1, -0.05) is 41.6 Å². The molecule has 76 valence electrons. The van der Waals surface area contributed by atoms with Crippen molar-refractivity contribution in [2.24, 2.45) is 5.18 Å². The Labute approximate surface area is 92.9 Å². The van der Waals surface area contributed by atoms with Gasteiger partial charge in [-0.15, -0.1) is 11.6 Å². The Morgan fingerprint density at radius 2 is 1.67 bits per heavy atom. The third-order valence-electron chi connectivity index (χ3n) is 3.40. The second kappa shape index (κ2) is 3.17. The van der Waals surface area contributed by atoms with Gasteiger partial charge in [0.15, 0.2) is 0 Å². The molecule has 0 spiro atoms. The van der Waals surface area contributed by atoms with E-state index >= 15 is 0 Å². The summed E-state index contributed by atoms with van der Waals surface area (Å²) >= 11 is 6.26. The summed E-state index contributed by atoms with van der Waals surface area (Å²) in [5.74, 6) is 0.224. The van der Waals surface area contributed by atoms with Gasteiger partial charge >= 0.3 is 0 Å². The number of rotatable bonds is 1. The first-order valence-corrected chi connectivity index (χ1v) is 5.50. The Morgan fingerprint density at radius 1 is 1.07 bits per heavy atom. The Bertz CT molecular complexity index is 443. The highest BCUT2D eigenvalue weighted by molar-refractivity contribution is 6.22. The minimum absolute atomic E-state index is 0.0752. The molecule has 0 amide bonds. The largest absolute Gasteiger partial charge is 0.150 e. The number of halogens is 1. The lowest BCUT2D eigenvalue weighted by Crippen LogP contribution is -2.38. The molecule has 3 aliphatic carbocycles. The van der Waals surface area contributed by atoms with Crippen LogP contribution in [0.5, 0.6) is 0 Å². The highest BCUT2D eigenvalue weighted by atomic mass is 35.5. The summed E-state index contributed by atoms with van der Waals surface area (Å²) in [6, 6.07) is 7.86. The van der Waals surface area contributed by atoms with Gasteiger partial charge in [-0.05, 0) is 11.1 Å². The molecule has 0 saturated heterocycles. The fourth-order valence-corrected chi connectivity index (χ4v) is 3.10. The highest BCUT2D eigenvalue weighted by Gasteiger charge is 2.43. The molecule has 2 bridgehead atoms. The third kappa shape index (κ3) is 1.11. The molecular weight excluding hydrogens is 210 g/mol. The molecule has 3 unspecified atom stereocenters. The van der Waals surface area contributed by atoms with E-state index in [1.165, 1.54) is 11.1 Å². The normalized spacial score (nSPS) is 36.3. The van der Waals surface area contributed by atoms with Crippen molar-refractivity contribution in [3.63, 3.8) is 0 Å². The van der Waals surface area contributed by atoms with Crippen LogP contribution in [0.25, 0.3) is 0 Å². The zero-order valence-corrected chi connectivity index (χ0v) is 8.76. The van der Waals surface area contributed by atoms with Crippen molar-refractivity contribution in [3.05, 3.63) is 52.5 Å². The van der Waals surface area contributed by atoms with Crippen molar-refractivity contribution in [2.45, 2.75) is 23.3 Å². The lowest BCUT2D eigenvalue weighted by atomic mass is 9.69. The van der Waals surface area contributed by atoms with Gasteiger partial charge in [0.1, 0.15) is 6.04 Å². The van der Waals surface area contributed by atoms with E-state index < -0.39 is 0 Å². The standard InChI is InChI=1S/C12H10ClNO/c13-11-9-5-6-10(12(11)14-15)8-4-2-1-3-7(8)9/h1-6,9-12H/t9?,10?,11-,12?/m1/s1. The summed E-state index contributed by atoms with van der Waals surface area (Å²) in [4.78, 5) is 10.8. The molecule has 2 nitrogen and oxygen atoms in total. The fourth-order valence-electron chi connectivity index (χ4n) is 2.67. The third-order valence-corrected chi connectivity index (χ3v) is 3.93. The van der Waals surface area contributed by atoms with Crippen molar-refractivity contribution < 1.29 is 0 Å². The smallest absolute Gasteiger partial charge is 0.119 e. The van der Waals surface area contributed by atoms with Crippen molar-refractivity contribution in [1.82, 2.24) is 0 Å². The Kier molecular flexibility index (Phi) is 1.93. The molecule has 0 heterocycles. The van der Waals surface area contributed by atoms with Gasteiger partial charge in [-0.25, -0.2) is 0 Å². The van der Waals surface area contributed by atoms with E-state index in [2.05, 4.69) is 29.5 Å². The summed E-state index contributed by atoms with van der Waals surface area (Å²) < 4.78 is 0. The van der Waals surface area contributed by atoms with Gasteiger partial charge in [0, 0.05) is 11.8 Å². The first-order chi connectivity index (χ1) is 7.33. The molecule has 1 aromatic carbocycles. The van der Waals surface area contributed by atoms with E-state index in [1.54, 1.807) is 0 Å². The molecule has 0 fully saturated rings. The van der Waals surface area contributed by atoms with Gasteiger partial charge in [0.25, 0.3) is 0 Å². The topological polar surface area (TPSA) is 29.4 Å². The summed E-state index contributed by atoms with van der Waals surface area (Å²) in [5.41, 5.74) is 2.47. The molecule has 4 rings (SSSR count). The maximum Gasteiger partial charge on any atom is 0.119 e. The van der Waals surface area contributed by atoms with E-state index in [-0.39, 0.29) is 23.3 Å². The van der Waals surface area contributed by atoms with Crippen molar-refractivity contribution >= 4 is 11.6 Å². The summed E-state index contributed by atoms with van der Waals surface area (Å²) in [6.45, 7) is 0. The maximum atomic E-state index is 10.8. The average Bonchev–Trinajstić information content (AvgIpc) is 2.30. The van der Waals surface area contributed by atoms with Crippen molar-refractivity contribution in [3.8, 4) is 0 Å². The Morgan fingerprint density at radius 3 is 2.33 bits per heavy atom. The van der Waals surface area contributed by atoms with Crippen LogP contribution in [0.3, 0.4) is 0 Å². The van der Waals surface area contributed by atoms with Crippen LogP contribution in [0.1, 0.15) is 23.0 Å². The summed E-state index contributed by atoms with van der Waals surface area (Å²) in [7, 11) is 0. The fraction of sp³-hybridized carbons (Fsp3) is 0.333. The number of alkyl halides is 1. The van der Waals surface area contributed by atoms with Crippen molar-refractivity contribution in [2.75, 3.05) is 0 Å². The monoisotopic (exact) mass is 219 g/mol. The minimum atomic E-state index is -0.309. The first-order valence-electron chi connectivity index (χ1n) is 5.06. The number of allylic oxidation sites excluding steroid dienone is 1. The Balaban J connectivity index is 2.19. The quantitative estimate of drug-likeness (QED) is 0.405.